The van der Waals surface area contributed by atoms with Gasteiger partial charge in [-0.2, -0.15) is 0 Å². The van der Waals surface area contributed by atoms with Gasteiger partial charge in [0.05, 0.1) is 12.6 Å². The predicted molar refractivity (Wildman–Crippen MR) is 106 cm³/mol. The summed E-state index contributed by atoms with van der Waals surface area (Å²) in [6, 6.07) is 7.63. The molecular weight excluding hydrogens is 376 g/mol. The van der Waals surface area contributed by atoms with Crippen LogP contribution < -0.4 is 0 Å². The Morgan fingerprint density at radius 3 is 2.48 bits per heavy atom. The molecule has 2 unspecified atom stereocenters. The van der Waals surface area contributed by atoms with Gasteiger partial charge in [0.15, 0.2) is 0 Å². The molecule has 2 atom stereocenters. The van der Waals surface area contributed by atoms with Gasteiger partial charge in [0.25, 0.3) is 5.91 Å². The van der Waals surface area contributed by atoms with Crippen LogP contribution in [0.25, 0.3) is 0 Å². The van der Waals surface area contributed by atoms with Crippen LogP contribution in [0.5, 0.6) is 0 Å². The second-order valence-corrected chi connectivity index (χ2v) is 8.11. The van der Waals surface area contributed by atoms with Crippen molar-refractivity contribution in [3.63, 3.8) is 0 Å². The first-order valence-corrected chi connectivity index (χ1v) is 9.78. The van der Waals surface area contributed by atoms with Crippen LogP contribution in [0.2, 0.25) is 0 Å². The topological polar surface area (TPSA) is 96.4 Å². The number of nitrogens with zero attached hydrogens (tertiary/aromatic N) is 2. The minimum Gasteiger partial charge on any atom is -0.445 e. The van der Waals surface area contributed by atoms with Crippen molar-refractivity contribution in [2.75, 3.05) is 13.2 Å². The van der Waals surface area contributed by atoms with Gasteiger partial charge in [-0.05, 0) is 46.1 Å². The SMILES string of the molecule is CC(CO)N(C(=O)OC(C)(C)C)C(=O)C1CCCN1C(=O)OCc1ccccc1. The van der Waals surface area contributed by atoms with E-state index in [1.165, 1.54) is 4.90 Å². The molecule has 0 radical (unpaired) electrons. The molecule has 160 valence electrons. The molecule has 29 heavy (non-hydrogen) atoms. The Morgan fingerprint density at radius 2 is 1.90 bits per heavy atom. The van der Waals surface area contributed by atoms with E-state index in [4.69, 9.17) is 9.47 Å². The van der Waals surface area contributed by atoms with Crippen LogP contribution in [-0.4, -0.2) is 63.8 Å². The molecule has 1 aromatic carbocycles. The molecule has 0 aliphatic carbocycles. The monoisotopic (exact) mass is 406 g/mol. The van der Waals surface area contributed by atoms with E-state index in [1.54, 1.807) is 27.7 Å². The minimum atomic E-state index is -0.839. The summed E-state index contributed by atoms with van der Waals surface area (Å²) in [6.45, 7) is 6.69. The zero-order chi connectivity index (χ0) is 21.6. The Morgan fingerprint density at radius 1 is 1.24 bits per heavy atom. The maximum absolute atomic E-state index is 13.1. The second-order valence-electron chi connectivity index (χ2n) is 8.11. The highest BCUT2D eigenvalue weighted by atomic mass is 16.6. The summed E-state index contributed by atoms with van der Waals surface area (Å²) in [4.78, 5) is 40.5. The number of aliphatic hydroxyl groups is 1. The Balaban J connectivity index is 2.10. The molecule has 1 fully saturated rings. The van der Waals surface area contributed by atoms with Gasteiger partial charge in [-0.15, -0.1) is 0 Å². The average molecular weight is 406 g/mol. The van der Waals surface area contributed by atoms with E-state index < -0.39 is 42.4 Å². The van der Waals surface area contributed by atoms with Crippen molar-refractivity contribution in [2.45, 2.75) is 64.8 Å². The van der Waals surface area contributed by atoms with Crippen LogP contribution >= 0.6 is 0 Å². The predicted octanol–water partition coefficient (Wildman–Crippen LogP) is 2.93. The molecule has 0 aromatic heterocycles. The highest BCUT2D eigenvalue weighted by Crippen LogP contribution is 2.23. The van der Waals surface area contributed by atoms with Gasteiger partial charge in [0, 0.05) is 6.54 Å². The van der Waals surface area contributed by atoms with Crippen molar-refractivity contribution in [3.05, 3.63) is 35.9 Å². The lowest BCUT2D eigenvalue weighted by Crippen LogP contribution is -2.54. The normalized spacial score (nSPS) is 17.6. The van der Waals surface area contributed by atoms with Crippen molar-refractivity contribution in [1.82, 2.24) is 9.80 Å². The van der Waals surface area contributed by atoms with Crippen molar-refractivity contribution in [2.24, 2.45) is 0 Å². The van der Waals surface area contributed by atoms with Gasteiger partial charge in [-0.1, -0.05) is 30.3 Å². The first-order valence-electron chi connectivity index (χ1n) is 9.78. The lowest BCUT2D eigenvalue weighted by Gasteiger charge is -2.33. The Hall–Kier alpha value is -2.61. The first-order chi connectivity index (χ1) is 13.6. The van der Waals surface area contributed by atoms with E-state index in [0.717, 1.165) is 10.5 Å². The molecule has 8 heteroatoms. The van der Waals surface area contributed by atoms with Crippen molar-refractivity contribution < 1.29 is 29.0 Å². The fraction of sp³-hybridized carbons (Fsp3) is 0.571. The molecule has 1 heterocycles. The van der Waals surface area contributed by atoms with Crippen molar-refractivity contribution in [3.8, 4) is 0 Å². The van der Waals surface area contributed by atoms with Crippen LogP contribution in [0.4, 0.5) is 9.59 Å². The maximum atomic E-state index is 13.1. The number of likely N-dealkylation sites (tertiary alicyclic amines) is 1. The molecule has 2 rings (SSSR count). The van der Waals surface area contributed by atoms with Crippen molar-refractivity contribution >= 4 is 18.1 Å². The fourth-order valence-electron chi connectivity index (χ4n) is 3.08. The van der Waals surface area contributed by atoms with Gasteiger partial charge in [0.2, 0.25) is 0 Å². The average Bonchev–Trinajstić information content (AvgIpc) is 3.15. The van der Waals surface area contributed by atoms with Gasteiger partial charge in [-0.3, -0.25) is 9.69 Å². The Bertz CT molecular complexity index is 716. The molecule has 0 spiro atoms. The van der Waals surface area contributed by atoms with Crippen LogP contribution in [-0.2, 0) is 20.9 Å². The first kappa shape index (κ1) is 22.7. The summed E-state index contributed by atoms with van der Waals surface area (Å²) < 4.78 is 10.7. The summed E-state index contributed by atoms with van der Waals surface area (Å²) in [6.07, 6.45) is -0.414. The number of benzene rings is 1. The van der Waals surface area contributed by atoms with E-state index in [1.807, 2.05) is 30.3 Å². The van der Waals surface area contributed by atoms with E-state index in [-0.39, 0.29) is 6.61 Å². The quantitative estimate of drug-likeness (QED) is 0.808. The molecule has 0 bridgehead atoms. The molecule has 3 amide bonds. The second kappa shape index (κ2) is 9.73. The zero-order valence-electron chi connectivity index (χ0n) is 17.5. The van der Waals surface area contributed by atoms with Gasteiger partial charge >= 0.3 is 12.2 Å². The third-order valence-corrected chi connectivity index (χ3v) is 4.51. The number of hydrogen-bond donors (Lipinski definition) is 1. The summed E-state index contributed by atoms with van der Waals surface area (Å²) >= 11 is 0. The molecule has 1 saturated heterocycles. The molecule has 8 nitrogen and oxygen atoms in total. The van der Waals surface area contributed by atoms with E-state index in [2.05, 4.69) is 0 Å². The highest BCUT2D eigenvalue weighted by Gasteiger charge is 2.42. The van der Waals surface area contributed by atoms with Gasteiger partial charge in [0.1, 0.15) is 18.2 Å². The number of carbonyl (C=O) groups excluding carboxylic acids is 3. The number of rotatable bonds is 5. The van der Waals surface area contributed by atoms with E-state index in [9.17, 15) is 19.5 Å². The summed E-state index contributed by atoms with van der Waals surface area (Å²) in [5.74, 6) is -0.574. The van der Waals surface area contributed by atoms with Crippen LogP contribution in [0.15, 0.2) is 30.3 Å². The van der Waals surface area contributed by atoms with E-state index in [0.29, 0.717) is 19.4 Å². The van der Waals surface area contributed by atoms with Gasteiger partial charge in [-0.25, -0.2) is 14.5 Å². The fourth-order valence-corrected chi connectivity index (χ4v) is 3.08. The summed E-state index contributed by atoms with van der Waals surface area (Å²) in [5.41, 5.74) is 0.0431. The Labute approximate surface area is 171 Å². The lowest BCUT2D eigenvalue weighted by atomic mass is 10.1. The molecule has 1 aliphatic heterocycles. The minimum absolute atomic E-state index is 0.0971. The number of hydrogen-bond acceptors (Lipinski definition) is 6. The standard InChI is InChI=1S/C21H30N2O6/c1-15(13-24)23(20(27)29-21(2,3)4)18(25)17-11-8-12-22(17)19(26)28-14-16-9-6-5-7-10-16/h5-7,9-10,15,17,24H,8,11-14H2,1-4H3. The smallest absolute Gasteiger partial charge is 0.417 e. The molecule has 1 aromatic rings. The number of amides is 3. The third-order valence-electron chi connectivity index (χ3n) is 4.51. The Kier molecular flexibility index (Phi) is 7.61. The third kappa shape index (κ3) is 6.19. The molecular formula is C21H30N2O6. The maximum Gasteiger partial charge on any atom is 0.417 e. The molecule has 1 N–H and O–H groups in total. The number of ether oxygens (including phenoxy) is 2. The largest absolute Gasteiger partial charge is 0.445 e. The summed E-state index contributed by atoms with van der Waals surface area (Å²) in [5, 5.41) is 9.52. The van der Waals surface area contributed by atoms with Crippen LogP contribution in [0.3, 0.4) is 0 Å². The zero-order valence-corrected chi connectivity index (χ0v) is 17.5. The van der Waals surface area contributed by atoms with E-state index >= 15 is 0 Å². The van der Waals surface area contributed by atoms with Gasteiger partial charge < -0.3 is 14.6 Å². The summed E-state index contributed by atoms with van der Waals surface area (Å²) in [7, 11) is 0. The number of carbonyl (C=O) groups is 3. The van der Waals surface area contributed by atoms with Crippen LogP contribution in [0.1, 0.15) is 46.1 Å². The molecule has 1 aliphatic rings. The van der Waals surface area contributed by atoms with Crippen LogP contribution in [0, 0.1) is 0 Å². The highest BCUT2D eigenvalue weighted by molar-refractivity contribution is 5.97. The van der Waals surface area contributed by atoms with Crippen molar-refractivity contribution in [1.29, 1.82) is 0 Å². The molecule has 0 saturated carbocycles. The lowest BCUT2D eigenvalue weighted by molar-refractivity contribution is -0.137. The number of imide groups is 1. The number of aliphatic hydroxyl groups excluding tert-OH is 1.